The van der Waals surface area contributed by atoms with Crippen LogP contribution in [0.5, 0.6) is 17.2 Å². The van der Waals surface area contributed by atoms with E-state index in [-0.39, 0.29) is 28.2 Å². The number of aromatic hydroxyl groups is 1. The summed E-state index contributed by atoms with van der Waals surface area (Å²) in [5.41, 5.74) is -0.757. The van der Waals surface area contributed by atoms with Crippen LogP contribution in [0.15, 0.2) is 39.7 Å². The molecular formula is C19H22O7. The zero-order valence-corrected chi connectivity index (χ0v) is 14.6. The lowest BCUT2D eigenvalue weighted by Gasteiger charge is -2.07. The van der Waals surface area contributed by atoms with Crippen molar-refractivity contribution in [2.45, 2.75) is 39.0 Å². The monoisotopic (exact) mass is 362 g/mol. The molecule has 0 atom stereocenters. The van der Waals surface area contributed by atoms with Crippen molar-refractivity contribution >= 4 is 16.9 Å². The van der Waals surface area contributed by atoms with E-state index in [0.29, 0.717) is 0 Å². The Morgan fingerprint density at radius 3 is 2.81 bits per heavy atom. The van der Waals surface area contributed by atoms with Crippen molar-refractivity contribution < 1.29 is 28.9 Å². The Bertz CT molecular complexity index is 836. The van der Waals surface area contributed by atoms with Gasteiger partial charge in [0.2, 0.25) is 0 Å². The van der Waals surface area contributed by atoms with Crippen LogP contribution in [0.4, 0.5) is 0 Å². The minimum absolute atomic E-state index is 0.0753. The summed E-state index contributed by atoms with van der Waals surface area (Å²) >= 11 is 0. The van der Waals surface area contributed by atoms with E-state index in [2.05, 4.69) is 6.92 Å². The quantitative estimate of drug-likeness (QED) is 0.376. The maximum atomic E-state index is 12.0. The van der Waals surface area contributed by atoms with Crippen molar-refractivity contribution in [1.29, 1.82) is 0 Å². The van der Waals surface area contributed by atoms with E-state index in [0.717, 1.165) is 25.7 Å². The van der Waals surface area contributed by atoms with Gasteiger partial charge in [0.25, 0.3) is 5.75 Å². The van der Waals surface area contributed by atoms with Crippen LogP contribution in [0, 0.1) is 0 Å². The number of benzene rings is 1. The number of fused-ring (bicyclic) bond motifs is 1. The van der Waals surface area contributed by atoms with Gasteiger partial charge in [0.05, 0.1) is 11.6 Å². The summed E-state index contributed by atoms with van der Waals surface area (Å²) in [4.78, 5) is 22.5. The fraction of sp³-hybridized carbons (Fsp3) is 0.368. The predicted octanol–water partition coefficient (Wildman–Crippen LogP) is 3.82. The third kappa shape index (κ3) is 5.27. The Balaban J connectivity index is 2.11. The second kappa shape index (κ2) is 9.50. The van der Waals surface area contributed by atoms with Crippen molar-refractivity contribution in [2.24, 2.45) is 0 Å². The highest BCUT2D eigenvalue weighted by Crippen LogP contribution is 2.33. The summed E-state index contributed by atoms with van der Waals surface area (Å²) in [6.07, 6.45) is 8.50. The first-order chi connectivity index (χ1) is 12.5. The van der Waals surface area contributed by atoms with Gasteiger partial charge in [-0.2, -0.15) is 0 Å². The summed E-state index contributed by atoms with van der Waals surface area (Å²) < 4.78 is 15.4. The molecule has 1 aromatic carbocycles. The lowest BCUT2D eigenvalue weighted by Crippen LogP contribution is -2.09. The molecule has 0 radical (unpaired) electrons. The largest absolute Gasteiger partial charge is 0.504 e. The Labute approximate surface area is 150 Å². The maximum Gasteiger partial charge on any atom is 0.383 e. The lowest BCUT2D eigenvalue weighted by atomic mass is 10.1. The first-order valence-electron chi connectivity index (χ1n) is 8.49. The zero-order valence-electron chi connectivity index (χ0n) is 14.6. The molecule has 0 amide bonds. The number of rotatable bonds is 10. The number of carbonyl (C=O) groups is 1. The van der Waals surface area contributed by atoms with Gasteiger partial charge in [-0.25, -0.2) is 9.59 Å². The van der Waals surface area contributed by atoms with Crippen LogP contribution >= 0.6 is 0 Å². The number of unbranched alkanes of at least 4 members (excludes halogenated alkanes) is 4. The van der Waals surface area contributed by atoms with Gasteiger partial charge in [0.1, 0.15) is 11.3 Å². The van der Waals surface area contributed by atoms with Crippen molar-refractivity contribution in [3.63, 3.8) is 0 Å². The van der Waals surface area contributed by atoms with Crippen LogP contribution in [-0.2, 0) is 4.79 Å². The van der Waals surface area contributed by atoms with E-state index < -0.39 is 18.2 Å². The molecule has 0 bridgehead atoms. The molecule has 0 saturated carbocycles. The number of hydrogen-bond acceptors (Lipinski definition) is 6. The molecule has 0 spiro atoms. The molecule has 26 heavy (non-hydrogen) atoms. The first-order valence-corrected chi connectivity index (χ1v) is 8.49. The van der Waals surface area contributed by atoms with Crippen LogP contribution in [0.25, 0.3) is 11.0 Å². The molecule has 0 aliphatic carbocycles. The van der Waals surface area contributed by atoms with Gasteiger partial charge >= 0.3 is 11.6 Å². The molecule has 140 valence electrons. The Morgan fingerprint density at radius 1 is 1.27 bits per heavy atom. The maximum absolute atomic E-state index is 12.0. The molecule has 0 aliphatic rings. The molecule has 2 rings (SSSR count). The first kappa shape index (κ1) is 19.4. The SMILES string of the molecule is CCCCCCC=COc1c(O)c2ccc(OCC(=O)O)cc2oc1=O. The van der Waals surface area contributed by atoms with Crippen LogP contribution < -0.4 is 15.1 Å². The highest BCUT2D eigenvalue weighted by molar-refractivity contribution is 5.86. The smallest absolute Gasteiger partial charge is 0.383 e. The lowest BCUT2D eigenvalue weighted by molar-refractivity contribution is -0.139. The molecule has 1 heterocycles. The third-order valence-corrected chi connectivity index (χ3v) is 3.68. The number of allylic oxidation sites excluding steroid dienone is 1. The van der Waals surface area contributed by atoms with Crippen molar-refractivity contribution in [3.8, 4) is 17.2 Å². The highest BCUT2D eigenvalue weighted by Gasteiger charge is 2.15. The highest BCUT2D eigenvalue weighted by atomic mass is 16.5. The van der Waals surface area contributed by atoms with E-state index in [1.165, 1.54) is 30.9 Å². The standard InChI is InChI=1S/C19H22O7/c1-2-3-4-5-6-7-10-24-18-17(22)14-9-8-13(25-12-16(20)21)11-15(14)26-19(18)23/h7-11,22H,2-6,12H2,1H3,(H,20,21). The van der Waals surface area contributed by atoms with Gasteiger partial charge in [-0.3, -0.25) is 0 Å². The van der Waals surface area contributed by atoms with Crippen molar-refractivity contribution in [3.05, 3.63) is 41.0 Å². The number of aliphatic carboxylic acids is 1. The summed E-state index contributed by atoms with van der Waals surface area (Å²) in [6, 6.07) is 4.27. The fourth-order valence-corrected chi connectivity index (χ4v) is 2.36. The van der Waals surface area contributed by atoms with Gasteiger partial charge in [0, 0.05) is 6.07 Å². The fourth-order valence-electron chi connectivity index (χ4n) is 2.36. The second-order valence-electron chi connectivity index (χ2n) is 5.75. The van der Waals surface area contributed by atoms with Gasteiger partial charge in [-0.05, 0) is 31.1 Å². The minimum atomic E-state index is -1.13. The zero-order chi connectivity index (χ0) is 18.9. The molecular weight excluding hydrogens is 340 g/mol. The Morgan fingerprint density at radius 2 is 2.08 bits per heavy atom. The normalized spacial score (nSPS) is 11.1. The molecule has 7 nitrogen and oxygen atoms in total. The summed E-state index contributed by atoms with van der Waals surface area (Å²) in [7, 11) is 0. The average Bonchev–Trinajstić information content (AvgIpc) is 2.61. The van der Waals surface area contributed by atoms with Gasteiger partial charge in [-0.1, -0.05) is 26.2 Å². The third-order valence-electron chi connectivity index (χ3n) is 3.68. The molecule has 2 N–H and O–H groups in total. The summed E-state index contributed by atoms with van der Waals surface area (Å²) in [6.45, 7) is 1.62. The molecule has 0 fully saturated rings. The van der Waals surface area contributed by atoms with Gasteiger partial charge < -0.3 is 24.1 Å². The number of carboxylic acid groups (broad SMARTS) is 1. The molecule has 0 saturated heterocycles. The molecule has 7 heteroatoms. The molecule has 0 unspecified atom stereocenters. The predicted molar refractivity (Wildman–Crippen MR) is 95.8 cm³/mol. The van der Waals surface area contributed by atoms with Gasteiger partial charge in [0.15, 0.2) is 12.4 Å². The molecule has 2 aromatic rings. The van der Waals surface area contributed by atoms with E-state index in [1.807, 2.05) is 0 Å². The van der Waals surface area contributed by atoms with Crippen molar-refractivity contribution in [2.75, 3.05) is 6.61 Å². The number of carboxylic acids is 1. The average molecular weight is 362 g/mol. The van der Waals surface area contributed by atoms with Crippen LogP contribution in [0.1, 0.15) is 39.0 Å². The Kier molecular flexibility index (Phi) is 7.08. The van der Waals surface area contributed by atoms with E-state index in [1.54, 1.807) is 6.08 Å². The summed E-state index contributed by atoms with van der Waals surface area (Å²) in [5, 5.41) is 19.1. The second-order valence-corrected chi connectivity index (χ2v) is 5.75. The summed E-state index contributed by atoms with van der Waals surface area (Å²) in [5.74, 6) is -1.54. The number of hydrogen-bond donors (Lipinski definition) is 2. The van der Waals surface area contributed by atoms with Crippen LogP contribution in [0.3, 0.4) is 0 Å². The van der Waals surface area contributed by atoms with Crippen molar-refractivity contribution in [1.82, 2.24) is 0 Å². The topological polar surface area (TPSA) is 106 Å². The van der Waals surface area contributed by atoms with Gasteiger partial charge in [-0.15, -0.1) is 0 Å². The molecule has 0 aliphatic heterocycles. The van der Waals surface area contributed by atoms with E-state index >= 15 is 0 Å². The Hall–Kier alpha value is -2.96. The minimum Gasteiger partial charge on any atom is -0.504 e. The number of ether oxygens (including phenoxy) is 2. The van der Waals surface area contributed by atoms with Crippen LogP contribution in [0.2, 0.25) is 0 Å². The van der Waals surface area contributed by atoms with Crippen LogP contribution in [-0.4, -0.2) is 22.8 Å². The van der Waals surface area contributed by atoms with E-state index in [9.17, 15) is 14.7 Å². The molecule has 1 aromatic heterocycles. The van der Waals surface area contributed by atoms with E-state index in [4.69, 9.17) is 19.0 Å².